The molecule has 1 heterocycles. The predicted molar refractivity (Wildman–Crippen MR) is 132 cm³/mol. The van der Waals surface area contributed by atoms with E-state index in [1.54, 1.807) is 11.3 Å². The van der Waals surface area contributed by atoms with Crippen LogP contribution < -0.4 is 0 Å². The van der Waals surface area contributed by atoms with Crippen LogP contribution in [0, 0.1) is 29.1 Å². The summed E-state index contributed by atoms with van der Waals surface area (Å²) in [5.74, 6) is -0.0176. The molecule has 0 bridgehead atoms. The second kappa shape index (κ2) is 13.6. The third kappa shape index (κ3) is 6.81. The van der Waals surface area contributed by atoms with E-state index in [1.807, 2.05) is 0 Å². The highest BCUT2D eigenvalue weighted by molar-refractivity contribution is 7.10. The SMILES string of the molecule is N#C[C@@H]1C[C@@H](O)[C@H](CCCC(O)C2(c3cccs3)CCC2)[C@H]1CCCCCCC(=O)OCCO. The van der Waals surface area contributed by atoms with Gasteiger partial charge in [0.25, 0.3) is 0 Å². The van der Waals surface area contributed by atoms with E-state index in [0.29, 0.717) is 12.8 Å². The van der Waals surface area contributed by atoms with E-state index in [2.05, 4.69) is 23.6 Å². The molecule has 2 fully saturated rings. The summed E-state index contributed by atoms with van der Waals surface area (Å²) < 4.78 is 4.87. The van der Waals surface area contributed by atoms with Crippen molar-refractivity contribution in [1.82, 2.24) is 0 Å². The van der Waals surface area contributed by atoms with Crippen molar-refractivity contribution in [3.05, 3.63) is 22.4 Å². The Morgan fingerprint density at radius 1 is 1.21 bits per heavy atom. The topological polar surface area (TPSA) is 111 Å². The zero-order valence-electron chi connectivity index (χ0n) is 20.2. The summed E-state index contributed by atoms with van der Waals surface area (Å²) in [6.45, 7) is -0.0828. The molecule has 1 unspecified atom stereocenters. The fourth-order valence-electron chi connectivity index (χ4n) is 6.08. The number of ether oxygens (including phenoxy) is 1. The molecule has 2 saturated carbocycles. The van der Waals surface area contributed by atoms with Crippen molar-refractivity contribution in [1.29, 1.82) is 5.26 Å². The number of esters is 1. The number of hydrogen-bond acceptors (Lipinski definition) is 7. The first-order valence-electron chi connectivity index (χ1n) is 13.1. The van der Waals surface area contributed by atoms with Gasteiger partial charge in [0.2, 0.25) is 0 Å². The molecular weight excluding hydrogens is 450 g/mol. The zero-order valence-corrected chi connectivity index (χ0v) is 21.1. The average molecular weight is 492 g/mol. The molecule has 0 aliphatic heterocycles. The smallest absolute Gasteiger partial charge is 0.305 e. The summed E-state index contributed by atoms with van der Waals surface area (Å²) in [6, 6.07) is 6.65. The van der Waals surface area contributed by atoms with Crippen LogP contribution >= 0.6 is 11.3 Å². The molecule has 1 aromatic rings. The molecule has 0 amide bonds. The number of aliphatic hydroxyl groups is 3. The van der Waals surface area contributed by atoms with Gasteiger partial charge in [-0.05, 0) is 68.2 Å². The summed E-state index contributed by atoms with van der Waals surface area (Å²) in [6.07, 6.45) is 10.5. The highest BCUT2D eigenvalue weighted by atomic mass is 32.1. The molecule has 3 rings (SSSR count). The van der Waals surface area contributed by atoms with E-state index in [9.17, 15) is 20.3 Å². The maximum atomic E-state index is 11.5. The van der Waals surface area contributed by atoms with Gasteiger partial charge >= 0.3 is 5.97 Å². The first kappa shape index (κ1) is 27.1. The van der Waals surface area contributed by atoms with Gasteiger partial charge in [0, 0.05) is 16.7 Å². The Hall–Kier alpha value is -1.46. The lowest BCUT2D eigenvalue weighted by atomic mass is 9.63. The Morgan fingerprint density at radius 2 is 1.97 bits per heavy atom. The Bertz CT molecular complexity index is 772. The third-order valence-electron chi connectivity index (χ3n) is 8.16. The fraction of sp³-hybridized carbons (Fsp3) is 0.778. The number of unbranched alkanes of at least 4 members (excludes halogenated alkanes) is 3. The molecule has 7 heteroatoms. The van der Waals surface area contributed by atoms with E-state index < -0.39 is 6.10 Å². The van der Waals surface area contributed by atoms with Crippen molar-refractivity contribution in [2.24, 2.45) is 17.8 Å². The molecule has 5 atom stereocenters. The van der Waals surface area contributed by atoms with E-state index in [1.165, 1.54) is 11.3 Å². The van der Waals surface area contributed by atoms with E-state index in [0.717, 1.165) is 64.2 Å². The van der Waals surface area contributed by atoms with Crippen LogP contribution in [0.15, 0.2) is 17.5 Å². The van der Waals surface area contributed by atoms with Gasteiger partial charge in [-0.15, -0.1) is 11.3 Å². The number of nitrogens with zero attached hydrogens (tertiary/aromatic N) is 1. The van der Waals surface area contributed by atoms with Gasteiger partial charge < -0.3 is 20.1 Å². The number of hydrogen-bond donors (Lipinski definition) is 3. The van der Waals surface area contributed by atoms with Crippen LogP contribution in [0.5, 0.6) is 0 Å². The minimum absolute atomic E-state index is 0.0613. The van der Waals surface area contributed by atoms with Crippen molar-refractivity contribution < 1.29 is 24.9 Å². The maximum absolute atomic E-state index is 11.5. The van der Waals surface area contributed by atoms with E-state index in [-0.39, 0.29) is 48.5 Å². The number of nitriles is 1. The second-order valence-electron chi connectivity index (χ2n) is 10.2. The van der Waals surface area contributed by atoms with Crippen LogP contribution in [0.2, 0.25) is 0 Å². The van der Waals surface area contributed by atoms with Gasteiger partial charge in [-0.25, -0.2) is 0 Å². The summed E-state index contributed by atoms with van der Waals surface area (Å²) in [4.78, 5) is 12.8. The summed E-state index contributed by atoms with van der Waals surface area (Å²) in [5, 5.41) is 42.2. The van der Waals surface area contributed by atoms with Crippen LogP contribution in [-0.2, 0) is 14.9 Å². The minimum Gasteiger partial charge on any atom is -0.463 e. The van der Waals surface area contributed by atoms with E-state index in [4.69, 9.17) is 9.84 Å². The molecule has 2 aliphatic rings. The zero-order chi connectivity index (χ0) is 24.4. The normalized spacial score (nSPS) is 26.5. The number of aliphatic hydroxyl groups excluding tert-OH is 3. The van der Waals surface area contributed by atoms with Gasteiger partial charge in [-0.3, -0.25) is 4.79 Å². The van der Waals surface area contributed by atoms with Crippen LogP contribution in [0.4, 0.5) is 0 Å². The largest absolute Gasteiger partial charge is 0.463 e. The van der Waals surface area contributed by atoms with Crippen LogP contribution in [0.1, 0.15) is 88.3 Å². The highest BCUT2D eigenvalue weighted by Crippen LogP contribution is 2.50. The molecule has 34 heavy (non-hydrogen) atoms. The summed E-state index contributed by atoms with van der Waals surface area (Å²) >= 11 is 1.74. The number of rotatable bonds is 15. The van der Waals surface area contributed by atoms with Crippen molar-refractivity contribution >= 4 is 17.3 Å². The molecular formula is C27H41NO5S. The van der Waals surface area contributed by atoms with Crippen LogP contribution in [0.3, 0.4) is 0 Å². The standard InChI is InChI=1S/C27H41NO5S/c28-19-20-18-23(30)22(21(20)8-3-1-2-4-12-26(32)33-16-15-29)9-5-10-24(31)27(13-7-14-27)25-11-6-17-34-25/h6,11,17,20-24,29-31H,1-5,7-10,12-16,18H2/t20-,21-,22+,23+,24?/m0/s1. The third-order valence-corrected chi connectivity index (χ3v) is 9.25. The minimum atomic E-state index is -0.428. The number of carbonyl (C=O) groups is 1. The van der Waals surface area contributed by atoms with Gasteiger partial charge in [0.05, 0.1) is 30.8 Å². The molecule has 0 spiro atoms. The van der Waals surface area contributed by atoms with Gasteiger partial charge in [0.15, 0.2) is 0 Å². The molecule has 6 nitrogen and oxygen atoms in total. The Balaban J connectivity index is 1.41. The molecule has 0 saturated heterocycles. The van der Waals surface area contributed by atoms with Gasteiger partial charge in [-0.2, -0.15) is 5.26 Å². The first-order chi connectivity index (χ1) is 16.5. The van der Waals surface area contributed by atoms with Gasteiger partial charge in [0.1, 0.15) is 6.61 Å². The predicted octanol–water partition coefficient (Wildman–Crippen LogP) is 4.71. The highest BCUT2D eigenvalue weighted by Gasteiger charge is 2.46. The van der Waals surface area contributed by atoms with Crippen molar-refractivity contribution in [2.45, 2.75) is 101 Å². The average Bonchev–Trinajstić information content (AvgIpc) is 3.43. The number of carbonyl (C=O) groups excluding carboxylic acids is 1. The Labute approximate surface area is 208 Å². The second-order valence-corrected chi connectivity index (χ2v) is 11.1. The fourth-order valence-corrected chi connectivity index (χ4v) is 7.12. The van der Waals surface area contributed by atoms with Crippen LogP contribution in [0.25, 0.3) is 0 Å². The number of thiophene rings is 1. The summed E-state index contributed by atoms with van der Waals surface area (Å²) in [5.41, 5.74) is -0.0679. The monoisotopic (exact) mass is 491 g/mol. The molecule has 2 aliphatic carbocycles. The lowest BCUT2D eigenvalue weighted by Gasteiger charge is -2.45. The molecule has 0 aromatic carbocycles. The first-order valence-corrected chi connectivity index (χ1v) is 14.0. The van der Waals surface area contributed by atoms with Crippen molar-refractivity contribution in [2.75, 3.05) is 13.2 Å². The van der Waals surface area contributed by atoms with Crippen LogP contribution in [-0.4, -0.2) is 46.7 Å². The van der Waals surface area contributed by atoms with Crippen molar-refractivity contribution in [3.63, 3.8) is 0 Å². The maximum Gasteiger partial charge on any atom is 0.305 e. The molecule has 0 radical (unpaired) electrons. The Morgan fingerprint density at radius 3 is 2.62 bits per heavy atom. The summed E-state index contributed by atoms with van der Waals surface area (Å²) in [7, 11) is 0. The molecule has 190 valence electrons. The lowest BCUT2D eigenvalue weighted by Crippen LogP contribution is -2.45. The van der Waals surface area contributed by atoms with Gasteiger partial charge in [-0.1, -0.05) is 38.2 Å². The lowest BCUT2D eigenvalue weighted by molar-refractivity contribution is -0.144. The van der Waals surface area contributed by atoms with Crippen molar-refractivity contribution in [3.8, 4) is 6.07 Å². The molecule has 3 N–H and O–H groups in total. The molecule has 1 aromatic heterocycles. The Kier molecular flexibility index (Phi) is 10.8. The van der Waals surface area contributed by atoms with E-state index >= 15 is 0 Å². The quantitative estimate of drug-likeness (QED) is 0.242.